The van der Waals surface area contributed by atoms with Crippen molar-refractivity contribution in [1.29, 1.82) is 0 Å². The lowest BCUT2D eigenvalue weighted by Crippen LogP contribution is -2.11. The fraction of sp³-hybridized carbons (Fsp3) is 0.318. The number of hydrogen-bond acceptors (Lipinski definition) is 6. The average Bonchev–Trinajstić information content (AvgIpc) is 3.38. The molecule has 0 unspecified atom stereocenters. The Kier molecular flexibility index (Phi) is 5.99. The molecular weight excluding hydrogens is 434 g/mol. The number of aromatic nitrogens is 3. The van der Waals surface area contributed by atoms with Crippen molar-refractivity contribution in [1.82, 2.24) is 14.5 Å². The van der Waals surface area contributed by atoms with E-state index in [0.29, 0.717) is 22.7 Å². The van der Waals surface area contributed by atoms with Gasteiger partial charge in [-0.2, -0.15) is 0 Å². The van der Waals surface area contributed by atoms with Gasteiger partial charge in [-0.3, -0.25) is 9.59 Å². The van der Waals surface area contributed by atoms with Crippen LogP contribution in [-0.4, -0.2) is 26.1 Å². The molecule has 0 aliphatic rings. The lowest BCUT2D eigenvalue weighted by Gasteiger charge is -2.08. The van der Waals surface area contributed by atoms with Crippen LogP contribution in [-0.2, 0) is 12.3 Å². The van der Waals surface area contributed by atoms with Gasteiger partial charge in [0.25, 0.3) is 5.56 Å². The molecule has 5 nitrogen and oxygen atoms in total. The van der Waals surface area contributed by atoms with Crippen LogP contribution in [0.25, 0.3) is 10.2 Å². The Balaban J connectivity index is 1.44. The number of carbonyl (C=O) groups excluding carboxylic acids is 1. The minimum Gasteiger partial charge on any atom is -0.343 e. The van der Waals surface area contributed by atoms with Crippen LogP contribution in [0.4, 0.5) is 0 Å². The number of fused-ring (bicyclic) bond motifs is 1. The second kappa shape index (κ2) is 8.53. The Morgan fingerprint density at radius 1 is 1.27 bits per heavy atom. The van der Waals surface area contributed by atoms with E-state index in [2.05, 4.69) is 26.0 Å². The summed E-state index contributed by atoms with van der Waals surface area (Å²) in [6.45, 7) is 8.79. The summed E-state index contributed by atoms with van der Waals surface area (Å²) >= 11 is 4.75. The monoisotopic (exact) mass is 457 g/mol. The third-order valence-electron chi connectivity index (χ3n) is 5.33. The van der Waals surface area contributed by atoms with Gasteiger partial charge >= 0.3 is 0 Å². The van der Waals surface area contributed by atoms with Crippen LogP contribution in [0.2, 0.25) is 0 Å². The first-order valence-corrected chi connectivity index (χ1v) is 12.5. The number of nitrogens with zero attached hydrogens (tertiary/aromatic N) is 2. The Labute approximate surface area is 187 Å². The molecule has 0 aromatic carbocycles. The number of aromatic amines is 1. The number of aryl methyl sites for hydroxylation is 3. The van der Waals surface area contributed by atoms with E-state index < -0.39 is 0 Å². The number of thiophene rings is 2. The molecule has 0 atom stereocenters. The highest BCUT2D eigenvalue weighted by Gasteiger charge is 2.17. The summed E-state index contributed by atoms with van der Waals surface area (Å²) in [7, 11) is 0. The van der Waals surface area contributed by atoms with Crippen molar-refractivity contribution in [3.05, 3.63) is 72.0 Å². The summed E-state index contributed by atoms with van der Waals surface area (Å²) in [5, 5.41) is 2.75. The van der Waals surface area contributed by atoms with Crippen LogP contribution in [0.5, 0.6) is 0 Å². The third-order valence-corrected chi connectivity index (χ3v) is 8.23. The van der Waals surface area contributed by atoms with Gasteiger partial charge in [-0.05, 0) is 50.8 Å². The zero-order valence-electron chi connectivity index (χ0n) is 17.4. The van der Waals surface area contributed by atoms with Gasteiger partial charge < -0.3 is 9.55 Å². The van der Waals surface area contributed by atoms with Crippen LogP contribution < -0.4 is 5.56 Å². The number of hydrogen-bond donors (Lipinski definition) is 1. The van der Waals surface area contributed by atoms with Gasteiger partial charge in [-0.15, -0.1) is 34.4 Å². The minimum atomic E-state index is -0.0964. The first kappa shape index (κ1) is 21.1. The maximum absolute atomic E-state index is 12.8. The number of carbonyl (C=O) groups is 1. The first-order valence-electron chi connectivity index (χ1n) is 9.64. The summed E-state index contributed by atoms with van der Waals surface area (Å²) in [4.78, 5) is 35.9. The van der Waals surface area contributed by atoms with E-state index in [1.165, 1.54) is 16.6 Å². The number of thioether (sulfide) groups is 1. The highest BCUT2D eigenvalue weighted by Crippen LogP contribution is 2.26. The molecule has 8 heteroatoms. The van der Waals surface area contributed by atoms with E-state index in [1.807, 2.05) is 39.8 Å². The zero-order valence-corrected chi connectivity index (χ0v) is 19.8. The van der Waals surface area contributed by atoms with Crippen molar-refractivity contribution in [2.75, 3.05) is 5.75 Å². The van der Waals surface area contributed by atoms with Gasteiger partial charge in [-0.1, -0.05) is 6.07 Å². The molecule has 0 fully saturated rings. The molecule has 4 aromatic rings. The van der Waals surface area contributed by atoms with Crippen molar-refractivity contribution in [3.8, 4) is 0 Å². The van der Waals surface area contributed by atoms with Crippen LogP contribution in [0.15, 0.2) is 28.4 Å². The minimum absolute atomic E-state index is 0.0964. The Hall–Kier alpha value is -2.16. The molecular formula is C22H23N3O2S3. The molecule has 0 amide bonds. The molecule has 4 aromatic heterocycles. The summed E-state index contributed by atoms with van der Waals surface area (Å²) < 4.78 is 2.19. The van der Waals surface area contributed by atoms with Gasteiger partial charge in [0.2, 0.25) is 0 Å². The Morgan fingerprint density at radius 3 is 2.80 bits per heavy atom. The van der Waals surface area contributed by atoms with Gasteiger partial charge in [0.05, 0.1) is 23.4 Å². The summed E-state index contributed by atoms with van der Waals surface area (Å²) in [5.74, 6) is 1.58. The molecule has 0 spiro atoms. The quantitative estimate of drug-likeness (QED) is 0.385. The van der Waals surface area contributed by atoms with E-state index in [9.17, 15) is 9.59 Å². The molecule has 30 heavy (non-hydrogen) atoms. The molecule has 0 aliphatic heterocycles. The zero-order chi connectivity index (χ0) is 21.4. The maximum atomic E-state index is 12.8. The Bertz CT molecular complexity index is 1280. The summed E-state index contributed by atoms with van der Waals surface area (Å²) in [6, 6.07) is 6.14. The van der Waals surface area contributed by atoms with E-state index in [0.717, 1.165) is 38.8 Å². The van der Waals surface area contributed by atoms with Gasteiger partial charge in [-0.25, -0.2) is 4.98 Å². The second-order valence-corrected chi connectivity index (χ2v) is 10.6. The number of H-pyrrole nitrogens is 1. The van der Waals surface area contributed by atoms with Gasteiger partial charge in [0, 0.05) is 26.7 Å². The number of nitrogens with one attached hydrogen (secondary N) is 1. The molecule has 0 saturated carbocycles. The summed E-state index contributed by atoms with van der Waals surface area (Å²) in [6.07, 6.45) is 0. The predicted octanol–water partition coefficient (Wildman–Crippen LogP) is 5.25. The fourth-order valence-corrected chi connectivity index (χ4v) is 6.09. The molecule has 0 aliphatic carbocycles. The fourth-order valence-electron chi connectivity index (χ4n) is 3.57. The van der Waals surface area contributed by atoms with E-state index in [1.54, 1.807) is 22.7 Å². The lowest BCUT2D eigenvalue weighted by molar-refractivity contribution is 0.102. The third kappa shape index (κ3) is 4.04. The highest BCUT2D eigenvalue weighted by molar-refractivity contribution is 7.99. The lowest BCUT2D eigenvalue weighted by atomic mass is 10.2. The maximum Gasteiger partial charge on any atom is 0.259 e. The van der Waals surface area contributed by atoms with Crippen molar-refractivity contribution in [3.63, 3.8) is 0 Å². The molecule has 0 saturated heterocycles. The smallest absolute Gasteiger partial charge is 0.259 e. The van der Waals surface area contributed by atoms with E-state index >= 15 is 0 Å². The molecule has 4 rings (SSSR count). The van der Waals surface area contributed by atoms with E-state index in [-0.39, 0.29) is 11.3 Å². The van der Waals surface area contributed by atoms with Crippen LogP contribution >= 0.6 is 34.4 Å². The van der Waals surface area contributed by atoms with Crippen molar-refractivity contribution >= 4 is 50.4 Å². The normalized spacial score (nSPS) is 11.5. The predicted molar refractivity (Wildman–Crippen MR) is 128 cm³/mol. The van der Waals surface area contributed by atoms with Crippen LogP contribution in [0.3, 0.4) is 0 Å². The number of ketones is 1. The van der Waals surface area contributed by atoms with Crippen molar-refractivity contribution in [2.45, 2.75) is 40.0 Å². The molecule has 156 valence electrons. The topological polar surface area (TPSA) is 67.8 Å². The number of rotatable bonds is 7. The summed E-state index contributed by atoms with van der Waals surface area (Å²) in [5.41, 5.74) is 3.77. The van der Waals surface area contributed by atoms with Gasteiger partial charge in [0.15, 0.2) is 5.78 Å². The second-order valence-electron chi connectivity index (χ2n) is 7.34. The average molecular weight is 458 g/mol. The number of Topliss-reactive ketones (excluding diaryl/α,β-unsaturated/α-hetero) is 1. The van der Waals surface area contributed by atoms with E-state index in [4.69, 9.17) is 0 Å². The molecule has 1 N–H and O–H groups in total. The van der Waals surface area contributed by atoms with Crippen molar-refractivity contribution in [2.24, 2.45) is 0 Å². The molecule has 4 heterocycles. The van der Waals surface area contributed by atoms with Crippen molar-refractivity contribution < 1.29 is 4.79 Å². The molecule has 0 radical (unpaired) electrons. The molecule has 0 bridgehead atoms. The highest BCUT2D eigenvalue weighted by atomic mass is 32.2. The SMILES string of the molecule is Cc1sc2nc(CSCC(=O)c3cc(C)n(Cc4cccs4)c3C)[nH]c(=O)c2c1C. The standard InChI is InChI=1S/C22H23N3O2S3/c1-12-8-17(14(3)25(12)9-16-6-5-7-29-16)18(26)10-28-11-19-23-21(27)20-13(2)15(4)30-22(20)24-19/h5-8H,9-11H2,1-4H3,(H,23,24,27). The first-order chi connectivity index (χ1) is 14.3. The van der Waals surface area contributed by atoms with Crippen LogP contribution in [0, 0.1) is 27.7 Å². The van der Waals surface area contributed by atoms with Gasteiger partial charge in [0.1, 0.15) is 10.7 Å². The van der Waals surface area contributed by atoms with Crippen LogP contribution in [0.1, 0.15) is 42.9 Å². The largest absolute Gasteiger partial charge is 0.343 e. The Morgan fingerprint density at radius 2 is 2.07 bits per heavy atom.